The molecule has 0 N–H and O–H groups in total. The normalized spacial score (nSPS) is 25.4. The van der Waals surface area contributed by atoms with Crippen molar-refractivity contribution in [1.82, 2.24) is 4.90 Å². The first kappa shape index (κ1) is 16.7. The maximum atomic E-state index is 6.62. The highest BCUT2D eigenvalue weighted by Gasteiger charge is 2.47. The number of ether oxygens (including phenoxy) is 2. The number of benzene rings is 2. The fraction of sp³-hybridized carbons (Fsp3) is 0.429. The summed E-state index contributed by atoms with van der Waals surface area (Å²) in [5.74, 6) is 2.39. The van der Waals surface area contributed by atoms with Crippen molar-refractivity contribution in [3.05, 3.63) is 58.1 Å². The van der Waals surface area contributed by atoms with E-state index in [0.29, 0.717) is 12.0 Å². The molecule has 4 heteroatoms. The lowest BCUT2D eigenvalue weighted by molar-refractivity contribution is 0.127. The molecule has 0 aromatic heterocycles. The third kappa shape index (κ3) is 2.52. The second-order valence-corrected chi connectivity index (χ2v) is 7.44. The monoisotopic (exact) mass is 357 g/mol. The van der Waals surface area contributed by atoms with E-state index in [2.05, 4.69) is 30.1 Å². The smallest absolute Gasteiger partial charge is 0.164 e. The number of halogens is 1. The van der Waals surface area contributed by atoms with Crippen molar-refractivity contribution in [1.29, 1.82) is 0 Å². The molecule has 2 aromatic carbocycles. The topological polar surface area (TPSA) is 21.7 Å². The Labute approximate surface area is 154 Å². The second-order valence-electron chi connectivity index (χ2n) is 7.03. The minimum absolute atomic E-state index is 0.237. The maximum absolute atomic E-state index is 6.62. The van der Waals surface area contributed by atoms with E-state index in [1.807, 2.05) is 18.2 Å². The van der Waals surface area contributed by atoms with Gasteiger partial charge in [0.15, 0.2) is 11.5 Å². The van der Waals surface area contributed by atoms with Crippen molar-refractivity contribution < 1.29 is 9.47 Å². The van der Waals surface area contributed by atoms with Crippen LogP contribution in [0.4, 0.5) is 0 Å². The molecule has 1 aliphatic carbocycles. The number of methoxy groups -OCH3 is 2. The summed E-state index contributed by atoms with van der Waals surface area (Å²) in [7, 11) is 5.66. The van der Waals surface area contributed by atoms with Gasteiger partial charge in [0, 0.05) is 22.5 Å². The molecule has 1 saturated heterocycles. The largest absolute Gasteiger partial charge is 0.493 e. The molecule has 132 valence electrons. The van der Waals surface area contributed by atoms with Crippen LogP contribution in [0.25, 0.3) is 0 Å². The van der Waals surface area contributed by atoms with Crippen LogP contribution in [0, 0.1) is 5.92 Å². The first-order valence-corrected chi connectivity index (χ1v) is 9.24. The molecule has 0 bridgehead atoms. The average molecular weight is 358 g/mol. The van der Waals surface area contributed by atoms with Crippen molar-refractivity contribution >= 4 is 11.6 Å². The number of piperidine rings is 1. The molecule has 1 aliphatic heterocycles. The Morgan fingerprint density at radius 3 is 2.56 bits per heavy atom. The molecule has 1 fully saturated rings. The fourth-order valence-electron chi connectivity index (χ4n) is 4.89. The van der Waals surface area contributed by atoms with Crippen molar-refractivity contribution in [3.63, 3.8) is 0 Å². The SMILES string of the molecule is COc1ccc2c(c1OC)C(c1ccccc1Cl)C1CCCN(C)C21. The van der Waals surface area contributed by atoms with Crippen LogP contribution in [0.3, 0.4) is 0 Å². The van der Waals surface area contributed by atoms with Gasteiger partial charge in [-0.2, -0.15) is 0 Å². The Kier molecular flexibility index (Phi) is 4.38. The van der Waals surface area contributed by atoms with Gasteiger partial charge in [-0.1, -0.05) is 35.9 Å². The van der Waals surface area contributed by atoms with E-state index in [-0.39, 0.29) is 5.92 Å². The van der Waals surface area contributed by atoms with Crippen molar-refractivity contribution in [2.75, 3.05) is 27.8 Å². The molecule has 1 heterocycles. The molecule has 3 unspecified atom stereocenters. The van der Waals surface area contributed by atoms with Crippen LogP contribution in [-0.2, 0) is 0 Å². The molecule has 25 heavy (non-hydrogen) atoms. The van der Waals surface area contributed by atoms with Gasteiger partial charge < -0.3 is 9.47 Å². The summed E-state index contributed by atoms with van der Waals surface area (Å²) in [5, 5.41) is 0.831. The Bertz CT molecular complexity index is 791. The molecular weight excluding hydrogens is 334 g/mol. The van der Waals surface area contributed by atoms with Gasteiger partial charge in [0.05, 0.1) is 14.2 Å². The van der Waals surface area contributed by atoms with E-state index in [0.717, 1.165) is 23.1 Å². The second kappa shape index (κ2) is 6.54. The number of hydrogen-bond donors (Lipinski definition) is 0. The number of likely N-dealkylation sites (tertiary alicyclic amines) is 1. The van der Waals surface area contributed by atoms with E-state index >= 15 is 0 Å². The standard InChI is InChI=1S/C21H24ClNO2/c1-23-12-6-8-14-18(13-7-4-5-9-16(13)22)19-15(20(14)23)10-11-17(24-2)21(19)25-3/h4-5,7,9-11,14,18,20H,6,8,12H2,1-3H3. The zero-order chi connectivity index (χ0) is 17.6. The molecule has 3 atom stereocenters. The van der Waals surface area contributed by atoms with E-state index in [4.69, 9.17) is 21.1 Å². The minimum atomic E-state index is 0.237. The van der Waals surface area contributed by atoms with E-state index in [9.17, 15) is 0 Å². The first-order valence-electron chi connectivity index (χ1n) is 8.86. The molecule has 0 radical (unpaired) electrons. The van der Waals surface area contributed by atoms with Gasteiger partial charge in [0.2, 0.25) is 0 Å². The quantitative estimate of drug-likeness (QED) is 0.781. The summed E-state index contributed by atoms with van der Waals surface area (Å²) in [4.78, 5) is 2.48. The molecule has 0 spiro atoms. The van der Waals surface area contributed by atoms with Crippen LogP contribution in [0.2, 0.25) is 5.02 Å². The number of hydrogen-bond acceptors (Lipinski definition) is 3. The van der Waals surface area contributed by atoms with Crippen molar-refractivity contribution in [2.24, 2.45) is 5.92 Å². The number of fused-ring (bicyclic) bond motifs is 3. The summed E-state index contributed by atoms with van der Waals surface area (Å²) in [6.45, 7) is 1.13. The highest BCUT2D eigenvalue weighted by Crippen LogP contribution is 2.59. The van der Waals surface area contributed by atoms with Gasteiger partial charge in [0.1, 0.15) is 0 Å². The van der Waals surface area contributed by atoms with E-state index in [1.54, 1.807) is 14.2 Å². The van der Waals surface area contributed by atoms with E-state index < -0.39 is 0 Å². The van der Waals surface area contributed by atoms with Crippen LogP contribution in [-0.4, -0.2) is 32.7 Å². The van der Waals surface area contributed by atoms with Gasteiger partial charge in [0.25, 0.3) is 0 Å². The Morgan fingerprint density at radius 2 is 1.84 bits per heavy atom. The van der Waals surface area contributed by atoms with Crippen molar-refractivity contribution in [2.45, 2.75) is 24.8 Å². The lowest BCUT2D eigenvalue weighted by atomic mass is 9.80. The van der Waals surface area contributed by atoms with Crippen LogP contribution in [0.15, 0.2) is 36.4 Å². The fourth-order valence-corrected chi connectivity index (χ4v) is 5.14. The summed E-state index contributed by atoms with van der Waals surface area (Å²) < 4.78 is 11.4. The molecule has 4 rings (SSSR count). The lowest BCUT2D eigenvalue weighted by Crippen LogP contribution is -2.34. The Morgan fingerprint density at radius 1 is 1.04 bits per heavy atom. The highest BCUT2D eigenvalue weighted by atomic mass is 35.5. The Hall–Kier alpha value is -1.71. The number of nitrogens with zero attached hydrogens (tertiary/aromatic N) is 1. The van der Waals surface area contributed by atoms with Gasteiger partial charge in [-0.15, -0.1) is 0 Å². The average Bonchev–Trinajstić information content (AvgIpc) is 2.96. The van der Waals surface area contributed by atoms with Crippen molar-refractivity contribution in [3.8, 4) is 11.5 Å². The highest BCUT2D eigenvalue weighted by molar-refractivity contribution is 6.31. The summed E-state index contributed by atoms with van der Waals surface area (Å²) >= 11 is 6.62. The predicted molar refractivity (Wildman–Crippen MR) is 101 cm³/mol. The lowest BCUT2D eigenvalue weighted by Gasteiger charge is -2.37. The van der Waals surface area contributed by atoms with Crippen LogP contribution in [0.5, 0.6) is 11.5 Å². The zero-order valence-electron chi connectivity index (χ0n) is 15.0. The predicted octanol–water partition coefficient (Wildman–Crippen LogP) is 4.89. The zero-order valence-corrected chi connectivity index (χ0v) is 15.7. The van der Waals surface area contributed by atoms with E-state index in [1.165, 1.54) is 29.5 Å². The van der Waals surface area contributed by atoms with Crippen LogP contribution >= 0.6 is 11.6 Å². The number of rotatable bonds is 3. The molecule has 0 amide bonds. The molecule has 3 nitrogen and oxygen atoms in total. The van der Waals surface area contributed by atoms with Crippen LogP contribution < -0.4 is 9.47 Å². The third-order valence-electron chi connectivity index (χ3n) is 5.84. The summed E-state index contributed by atoms with van der Waals surface area (Å²) in [6.07, 6.45) is 2.41. The summed E-state index contributed by atoms with van der Waals surface area (Å²) in [5.41, 5.74) is 3.80. The summed E-state index contributed by atoms with van der Waals surface area (Å²) in [6, 6.07) is 12.9. The van der Waals surface area contributed by atoms with Crippen LogP contribution in [0.1, 0.15) is 41.5 Å². The molecule has 0 saturated carbocycles. The minimum Gasteiger partial charge on any atom is -0.493 e. The van der Waals surface area contributed by atoms with Gasteiger partial charge in [-0.05, 0) is 55.6 Å². The maximum Gasteiger partial charge on any atom is 0.164 e. The molecule has 2 aliphatic rings. The molecule has 2 aromatic rings. The van der Waals surface area contributed by atoms with Gasteiger partial charge >= 0.3 is 0 Å². The van der Waals surface area contributed by atoms with Gasteiger partial charge in [-0.3, -0.25) is 4.90 Å². The third-order valence-corrected chi connectivity index (χ3v) is 6.19. The molecular formula is C21H24ClNO2. The first-order chi connectivity index (χ1) is 12.2. The van der Waals surface area contributed by atoms with Gasteiger partial charge in [-0.25, -0.2) is 0 Å². The Balaban J connectivity index is 1.97.